The fourth-order valence-electron chi connectivity index (χ4n) is 3.33. The topological polar surface area (TPSA) is 89.1 Å². The largest absolute Gasteiger partial charge is 0.473 e. The van der Waals surface area contributed by atoms with Crippen molar-refractivity contribution in [2.45, 2.75) is 19.5 Å². The number of hydrogen-bond donors (Lipinski definition) is 1. The SMILES string of the molecule is C=Nc1c(N(COc2cccc(F)c2)Cc2ccccc2)c(=O)n(CCCO)c(=O)n1C. The molecule has 3 rings (SSSR count). The maximum absolute atomic E-state index is 13.6. The molecule has 0 radical (unpaired) electrons. The third-order valence-electron chi connectivity index (χ3n) is 4.90. The second kappa shape index (κ2) is 10.5. The van der Waals surface area contributed by atoms with E-state index in [1.54, 1.807) is 11.0 Å². The summed E-state index contributed by atoms with van der Waals surface area (Å²) in [5.74, 6) is -0.0559. The summed E-state index contributed by atoms with van der Waals surface area (Å²) in [4.78, 5) is 31.6. The van der Waals surface area contributed by atoms with Crippen LogP contribution in [-0.2, 0) is 20.1 Å². The maximum atomic E-state index is 13.6. The van der Waals surface area contributed by atoms with Crippen LogP contribution in [0.4, 0.5) is 15.9 Å². The first-order chi connectivity index (χ1) is 15.5. The normalized spacial score (nSPS) is 10.7. The Kier molecular flexibility index (Phi) is 7.56. The van der Waals surface area contributed by atoms with Crippen molar-refractivity contribution in [3.8, 4) is 5.75 Å². The zero-order chi connectivity index (χ0) is 23.1. The van der Waals surface area contributed by atoms with Gasteiger partial charge in [0.1, 0.15) is 17.3 Å². The molecule has 1 N–H and O–H groups in total. The molecule has 0 aliphatic heterocycles. The van der Waals surface area contributed by atoms with Gasteiger partial charge in [0.2, 0.25) is 0 Å². The fourth-order valence-corrected chi connectivity index (χ4v) is 3.33. The predicted molar refractivity (Wildman–Crippen MR) is 121 cm³/mol. The van der Waals surface area contributed by atoms with Gasteiger partial charge in [0.15, 0.2) is 12.5 Å². The highest BCUT2D eigenvalue weighted by Gasteiger charge is 2.23. The first-order valence-electron chi connectivity index (χ1n) is 10.0. The number of hydrogen-bond acceptors (Lipinski definition) is 6. The molecule has 0 unspecified atom stereocenters. The van der Waals surface area contributed by atoms with E-state index in [1.807, 2.05) is 30.3 Å². The number of nitrogens with zero attached hydrogens (tertiary/aromatic N) is 4. The molecule has 0 atom stereocenters. The molecule has 1 heterocycles. The Morgan fingerprint density at radius 3 is 2.56 bits per heavy atom. The lowest BCUT2D eigenvalue weighted by atomic mass is 10.2. The minimum absolute atomic E-state index is 0.0519. The summed E-state index contributed by atoms with van der Waals surface area (Å²) in [6.07, 6.45) is 0.244. The molecular weight excluding hydrogens is 415 g/mol. The van der Waals surface area contributed by atoms with Crippen LogP contribution in [0.2, 0.25) is 0 Å². The number of aliphatic imine (C=N–C) groups is 1. The second-order valence-electron chi connectivity index (χ2n) is 7.12. The number of anilines is 1. The molecule has 0 aliphatic rings. The van der Waals surface area contributed by atoms with Crippen LogP contribution in [0.1, 0.15) is 12.0 Å². The summed E-state index contributed by atoms with van der Waals surface area (Å²) >= 11 is 0. The number of aliphatic hydroxyl groups excluding tert-OH is 1. The Bertz CT molecular complexity index is 1190. The Balaban J connectivity index is 2.09. The van der Waals surface area contributed by atoms with Crippen LogP contribution in [0.15, 0.2) is 69.2 Å². The third kappa shape index (κ3) is 5.12. The van der Waals surface area contributed by atoms with Gasteiger partial charge in [0.25, 0.3) is 5.56 Å². The van der Waals surface area contributed by atoms with Gasteiger partial charge >= 0.3 is 5.69 Å². The average molecular weight is 440 g/mol. The summed E-state index contributed by atoms with van der Waals surface area (Å²) in [7, 11) is 1.50. The third-order valence-corrected chi connectivity index (χ3v) is 4.90. The zero-order valence-corrected chi connectivity index (χ0v) is 17.8. The van der Waals surface area contributed by atoms with Gasteiger partial charge in [-0.25, -0.2) is 14.2 Å². The van der Waals surface area contributed by atoms with Gasteiger partial charge in [-0.2, -0.15) is 0 Å². The van der Waals surface area contributed by atoms with Crippen molar-refractivity contribution in [1.29, 1.82) is 0 Å². The van der Waals surface area contributed by atoms with Crippen LogP contribution in [0.3, 0.4) is 0 Å². The number of ether oxygens (including phenoxy) is 1. The van der Waals surface area contributed by atoms with Gasteiger partial charge in [0, 0.05) is 32.8 Å². The van der Waals surface area contributed by atoms with E-state index in [4.69, 9.17) is 4.74 Å². The molecule has 3 aromatic rings. The Labute approximate surface area is 184 Å². The molecule has 168 valence electrons. The lowest BCUT2D eigenvalue weighted by Gasteiger charge is -2.27. The zero-order valence-electron chi connectivity index (χ0n) is 17.8. The predicted octanol–water partition coefficient (Wildman–Crippen LogP) is 2.44. The van der Waals surface area contributed by atoms with Gasteiger partial charge in [-0.15, -0.1) is 0 Å². The Hall–Kier alpha value is -3.72. The van der Waals surface area contributed by atoms with Crippen LogP contribution in [0.5, 0.6) is 5.75 Å². The van der Waals surface area contributed by atoms with Gasteiger partial charge in [0.05, 0.1) is 0 Å². The molecule has 2 aromatic carbocycles. The Morgan fingerprint density at radius 2 is 1.91 bits per heavy atom. The van der Waals surface area contributed by atoms with Crippen molar-refractivity contribution in [2.75, 3.05) is 18.2 Å². The van der Waals surface area contributed by atoms with Crippen LogP contribution >= 0.6 is 0 Å². The van der Waals surface area contributed by atoms with E-state index >= 15 is 0 Å². The summed E-state index contributed by atoms with van der Waals surface area (Å²) in [6, 6.07) is 15.1. The summed E-state index contributed by atoms with van der Waals surface area (Å²) < 4.78 is 21.6. The van der Waals surface area contributed by atoms with E-state index in [-0.39, 0.29) is 44.4 Å². The molecule has 1 aromatic heterocycles. The molecule has 0 aliphatic carbocycles. The van der Waals surface area contributed by atoms with Crippen molar-refractivity contribution in [3.05, 3.63) is 86.8 Å². The van der Waals surface area contributed by atoms with Gasteiger partial charge in [-0.3, -0.25) is 13.9 Å². The molecule has 0 bridgehead atoms. The molecule has 32 heavy (non-hydrogen) atoms. The molecular formula is C23H25FN4O4. The van der Waals surface area contributed by atoms with Crippen molar-refractivity contribution < 1.29 is 14.2 Å². The number of aliphatic hydroxyl groups is 1. The van der Waals surface area contributed by atoms with Gasteiger partial charge in [-0.1, -0.05) is 36.4 Å². The van der Waals surface area contributed by atoms with E-state index in [0.29, 0.717) is 5.75 Å². The first kappa shape index (κ1) is 23.0. The van der Waals surface area contributed by atoms with E-state index in [1.165, 1.54) is 29.8 Å². The fraction of sp³-hybridized carbons (Fsp3) is 0.261. The van der Waals surface area contributed by atoms with Crippen LogP contribution < -0.4 is 20.9 Å². The minimum atomic E-state index is -0.567. The minimum Gasteiger partial charge on any atom is -0.473 e. The lowest BCUT2D eigenvalue weighted by Crippen LogP contribution is -2.43. The smallest absolute Gasteiger partial charge is 0.332 e. The Morgan fingerprint density at radius 1 is 1.16 bits per heavy atom. The average Bonchev–Trinajstić information content (AvgIpc) is 2.80. The number of halogens is 1. The molecule has 0 fully saturated rings. The van der Waals surface area contributed by atoms with Gasteiger partial charge < -0.3 is 14.7 Å². The van der Waals surface area contributed by atoms with Crippen LogP contribution in [-0.4, -0.2) is 34.3 Å². The molecule has 0 spiro atoms. The van der Waals surface area contributed by atoms with Crippen molar-refractivity contribution in [3.63, 3.8) is 0 Å². The number of benzene rings is 2. The highest BCUT2D eigenvalue weighted by molar-refractivity contribution is 5.64. The quantitative estimate of drug-likeness (QED) is 0.386. The van der Waals surface area contributed by atoms with Crippen molar-refractivity contribution >= 4 is 18.2 Å². The second-order valence-corrected chi connectivity index (χ2v) is 7.12. The lowest BCUT2D eigenvalue weighted by molar-refractivity contribution is 0.277. The van der Waals surface area contributed by atoms with Crippen molar-refractivity contribution in [2.24, 2.45) is 12.0 Å². The monoisotopic (exact) mass is 440 g/mol. The molecule has 0 saturated heterocycles. The van der Waals surface area contributed by atoms with Crippen LogP contribution in [0, 0.1) is 5.82 Å². The van der Waals surface area contributed by atoms with Crippen molar-refractivity contribution in [1.82, 2.24) is 9.13 Å². The molecule has 9 heteroatoms. The number of aromatic nitrogens is 2. The highest BCUT2D eigenvalue weighted by atomic mass is 19.1. The summed E-state index contributed by atoms with van der Waals surface area (Å²) in [6.45, 7) is 3.59. The number of rotatable bonds is 10. The van der Waals surface area contributed by atoms with E-state index in [9.17, 15) is 19.1 Å². The first-order valence-corrected chi connectivity index (χ1v) is 10.0. The van der Waals surface area contributed by atoms with E-state index in [0.717, 1.165) is 10.1 Å². The molecule has 8 nitrogen and oxygen atoms in total. The highest BCUT2D eigenvalue weighted by Crippen LogP contribution is 2.25. The van der Waals surface area contributed by atoms with E-state index in [2.05, 4.69) is 11.7 Å². The standard InChI is InChI=1S/C23H25FN4O4/c1-25-21-20(22(30)28(12-7-13-29)23(31)26(21)2)27(15-17-8-4-3-5-9-17)16-32-19-11-6-10-18(24)14-19/h3-6,8-11,14,29H,1,7,12-13,15-16H2,2H3. The summed E-state index contributed by atoms with van der Waals surface area (Å²) in [5, 5.41) is 9.17. The molecule has 0 amide bonds. The van der Waals surface area contributed by atoms with Crippen LogP contribution in [0.25, 0.3) is 0 Å². The van der Waals surface area contributed by atoms with E-state index < -0.39 is 17.1 Å². The van der Waals surface area contributed by atoms with Gasteiger partial charge in [-0.05, 0) is 30.8 Å². The summed E-state index contributed by atoms with van der Waals surface area (Å²) in [5.41, 5.74) is -0.108. The molecule has 0 saturated carbocycles. The maximum Gasteiger partial charge on any atom is 0.332 e.